The molecule has 0 unspecified atom stereocenters. The Hall–Kier alpha value is -4.33. The summed E-state index contributed by atoms with van der Waals surface area (Å²) >= 11 is 6.34. The molecule has 0 aliphatic rings. The summed E-state index contributed by atoms with van der Waals surface area (Å²) in [5.74, 6) is -1.41. The van der Waals surface area contributed by atoms with Crippen LogP contribution in [0.4, 0.5) is 5.69 Å². The normalized spacial score (nSPS) is 11.3. The number of esters is 1. The van der Waals surface area contributed by atoms with Crippen LogP contribution >= 0.6 is 11.6 Å². The third-order valence-electron chi connectivity index (χ3n) is 4.89. The predicted molar refractivity (Wildman–Crippen MR) is 141 cm³/mol. The third-order valence-corrected chi connectivity index (χ3v) is 6.40. The minimum absolute atomic E-state index is 0.0120. The van der Waals surface area contributed by atoms with Gasteiger partial charge >= 0.3 is 16.1 Å². The number of nitrogens with one attached hydrogen (secondary N) is 1. The summed E-state index contributed by atoms with van der Waals surface area (Å²) in [6.45, 7) is 3.78. The summed E-state index contributed by atoms with van der Waals surface area (Å²) in [6.07, 6.45) is 1.27. The first kappa shape index (κ1) is 28.2. The van der Waals surface area contributed by atoms with Crippen LogP contribution in [0.25, 0.3) is 6.08 Å². The average Bonchev–Trinajstić information content (AvgIpc) is 2.90. The highest BCUT2D eigenvalue weighted by Gasteiger charge is 2.22. The van der Waals surface area contributed by atoms with E-state index >= 15 is 0 Å². The molecule has 196 valence electrons. The number of nitrogens with zero attached hydrogens (tertiary/aromatic N) is 1. The van der Waals surface area contributed by atoms with Gasteiger partial charge in [-0.15, -0.1) is 0 Å². The number of benzene rings is 3. The highest BCUT2D eigenvalue weighted by Crippen LogP contribution is 2.39. The zero-order valence-corrected chi connectivity index (χ0v) is 22.0. The van der Waals surface area contributed by atoms with Crippen LogP contribution in [0, 0.1) is 11.3 Å². The number of hydrogen-bond donors (Lipinski definition) is 1. The zero-order chi connectivity index (χ0) is 27.7. The Bertz CT molecular complexity index is 1500. The summed E-state index contributed by atoms with van der Waals surface area (Å²) in [6, 6.07) is 18.1. The number of rotatable bonds is 10. The molecular weight excluding hydrogens is 532 g/mol. The molecule has 0 atom stereocenters. The van der Waals surface area contributed by atoms with Gasteiger partial charge in [0.05, 0.1) is 23.8 Å². The van der Waals surface area contributed by atoms with Crippen LogP contribution in [-0.4, -0.2) is 33.5 Å². The van der Waals surface area contributed by atoms with Crippen molar-refractivity contribution in [2.45, 2.75) is 18.7 Å². The molecule has 1 N–H and O–H groups in total. The van der Waals surface area contributed by atoms with Gasteiger partial charge in [0.1, 0.15) is 16.5 Å². The lowest BCUT2D eigenvalue weighted by Gasteiger charge is -2.14. The fraction of sp³-hybridized carbons (Fsp3) is 0.148. The van der Waals surface area contributed by atoms with Gasteiger partial charge in [0.15, 0.2) is 5.75 Å². The Balaban J connectivity index is 1.86. The van der Waals surface area contributed by atoms with E-state index in [2.05, 4.69) is 5.32 Å². The first-order valence-electron chi connectivity index (χ1n) is 11.3. The van der Waals surface area contributed by atoms with Gasteiger partial charge in [0.2, 0.25) is 5.75 Å². The lowest BCUT2D eigenvalue weighted by atomic mass is 10.1. The van der Waals surface area contributed by atoms with Crippen molar-refractivity contribution in [1.82, 2.24) is 0 Å². The first-order valence-corrected chi connectivity index (χ1v) is 13.1. The molecule has 0 saturated carbocycles. The fourth-order valence-corrected chi connectivity index (χ4v) is 4.46. The largest absolute Gasteiger partial charge is 0.490 e. The van der Waals surface area contributed by atoms with E-state index in [1.807, 2.05) is 6.07 Å². The lowest BCUT2D eigenvalue weighted by Crippen LogP contribution is -2.14. The molecule has 11 heteroatoms. The maximum absolute atomic E-state index is 12.7. The molecule has 3 aromatic carbocycles. The number of hydrogen-bond acceptors (Lipinski definition) is 8. The van der Waals surface area contributed by atoms with Crippen molar-refractivity contribution < 1.29 is 31.7 Å². The number of halogens is 1. The maximum Gasteiger partial charge on any atom is 0.339 e. The lowest BCUT2D eigenvalue weighted by molar-refractivity contribution is -0.112. The zero-order valence-electron chi connectivity index (χ0n) is 20.4. The molecule has 9 nitrogen and oxygen atoms in total. The molecule has 0 aliphatic carbocycles. The fourth-order valence-electron chi connectivity index (χ4n) is 3.18. The van der Waals surface area contributed by atoms with Crippen LogP contribution in [0.1, 0.15) is 29.8 Å². The van der Waals surface area contributed by atoms with Gasteiger partial charge in [-0.1, -0.05) is 29.8 Å². The van der Waals surface area contributed by atoms with Crippen LogP contribution in [0.3, 0.4) is 0 Å². The van der Waals surface area contributed by atoms with Gasteiger partial charge in [-0.25, -0.2) is 4.79 Å². The van der Waals surface area contributed by atoms with Crippen LogP contribution in [0.15, 0.2) is 77.2 Å². The molecule has 38 heavy (non-hydrogen) atoms. The molecule has 0 aromatic heterocycles. The van der Waals surface area contributed by atoms with E-state index in [0.717, 1.165) is 0 Å². The molecule has 0 heterocycles. The molecular formula is C27H23ClN2O7S. The molecule has 3 rings (SSSR count). The van der Waals surface area contributed by atoms with Gasteiger partial charge in [-0.3, -0.25) is 4.79 Å². The Morgan fingerprint density at radius 2 is 1.71 bits per heavy atom. The maximum atomic E-state index is 12.7. The highest BCUT2D eigenvalue weighted by atomic mass is 35.5. The highest BCUT2D eigenvalue weighted by molar-refractivity contribution is 7.87. The molecule has 0 saturated heterocycles. The van der Waals surface area contributed by atoms with Crippen molar-refractivity contribution in [3.05, 3.63) is 88.5 Å². The molecule has 1 amide bonds. The average molecular weight is 555 g/mol. The molecule has 0 aliphatic heterocycles. The SMILES string of the molecule is CCOC(=O)c1ccc(NC(=O)/C(C#N)=C/c2cc(Cl)c(OS(=O)(=O)c3ccccc3)c(OCC)c2)cc1. The van der Waals surface area contributed by atoms with Crippen LogP contribution in [0.2, 0.25) is 5.02 Å². The van der Waals surface area contributed by atoms with E-state index < -0.39 is 22.0 Å². The molecule has 0 bridgehead atoms. The second-order valence-electron chi connectivity index (χ2n) is 7.54. The number of carbonyl (C=O) groups is 2. The van der Waals surface area contributed by atoms with Gasteiger partial charge < -0.3 is 19.0 Å². The van der Waals surface area contributed by atoms with E-state index in [-0.39, 0.29) is 40.2 Å². The van der Waals surface area contributed by atoms with Crippen LogP contribution in [0.5, 0.6) is 11.5 Å². The van der Waals surface area contributed by atoms with Gasteiger partial charge in [-0.2, -0.15) is 13.7 Å². The van der Waals surface area contributed by atoms with Gasteiger partial charge in [-0.05, 0) is 74.0 Å². The second kappa shape index (κ2) is 12.8. The summed E-state index contributed by atoms with van der Waals surface area (Å²) in [7, 11) is -4.20. The number of nitriles is 1. The van der Waals surface area contributed by atoms with Crippen molar-refractivity contribution in [2.24, 2.45) is 0 Å². The minimum atomic E-state index is -4.20. The third kappa shape index (κ3) is 7.12. The monoisotopic (exact) mass is 554 g/mol. The van der Waals surface area contributed by atoms with Crippen molar-refractivity contribution in [3.8, 4) is 17.6 Å². The van der Waals surface area contributed by atoms with E-state index in [1.54, 1.807) is 32.0 Å². The second-order valence-corrected chi connectivity index (χ2v) is 9.49. The topological polar surface area (TPSA) is 132 Å². The molecule has 0 radical (unpaired) electrons. The van der Waals surface area contributed by atoms with Gasteiger partial charge in [0.25, 0.3) is 5.91 Å². The standard InChI is InChI=1S/C27H23ClN2O7S/c1-3-35-24-16-18(15-23(28)25(24)37-38(33,34)22-8-6-5-7-9-22)14-20(17-29)26(31)30-21-12-10-19(11-13-21)27(32)36-4-2/h5-16H,3-4H2,1-2H3,(H,30,31)/b20-14+. The van der Waals surface area contributed by atoms with Crippen LogP contribution in [-0.2, 0) is 19.6 Å². The predicted octanol–water partition coefficient (Wildman–Crippen LogP) is 5.23. The minimum Gasteiger partial charge on any atom is -0.490 e. The Kier molecular flexibility index (Phi) is 9.49. The summed E-state index contributed by atoms with van der Waals surface area (Å²) in [4.78, 5) is 24.4. The first-order chi connectivity index (χ1) is 18.2. The number of anilines is 1. The van der Waals surface area contributed by atoms with E-state index in [1.165, 1.54) is 54.6 Å². The quantitative estimate of drug-likeness (QED) is 0.156. The smallest absolute Gasteiger partial charge is 0.339 e. The van der Waals surface area contributed by atoms with Crippen molar-refractivity contribution in [1.29, 1.82) is 5.26 Å². The van der Waals surface area contributed by atoms with E-state index in [9.17, 15) is 23.3 Å². The Morgan fingerprint density at radius 3 is 2.32 bits per heavy atom. The molecule has 0 fully saturated rings. The van der Waals surface area contributed by atoms with Crippen LogP contribution < -0.4 is 14.2 Å². The Labute approximate surface area is 225 Å². The van der Waals surface area contributed by atoms with Crippen molar-refractivity contribution >= 4 is 45.4 Å². The van der Waals surface area contributed by atoms with Gasteiger partial charge in [0, 0.05) is 5.69 Å². The summed E-state index contributed by atoms with van der Waals surface area (Å²) in [5, 5.41) is 12.1. The summed E-state index contributed by atoms with van der Waals surface area (Å²) < 4.78 is 41.1. The Morgan fingerprint density at radius 1 is 1.03 bits per heavy atom. The molecule has 0 spiro atoms. The number of carbonyl (C=O) groups excluding carboxylic acids is 2. The summed E-state index contributed by atoms with van der Waals surface area (Å²) in [5.41, 5.74) is 0.707. The van der Waals surface area contributed by atoms with Crippen molar-refractivity contribution in [2.75, 3.05) is 18.5 Å². The van der Waals surface area contributed by atoms with Crippen molar-refractivity contribution in [3.63, 3.8) is 0 Å². The molecule has 3 aromatic rings. The van der Waals surface area contributed by atoms with E-state index in [0.29, 0.717) is 16.8 Å². The number of ether oxygens (including phenoxy) is 2. The number of amides is 1. The van der Waals surface area contributed by atoms with E-state index in [4.69, 9.17) is 25.3 Å².